The van der Waals surface area contributed by atoms with E-state index in [1.54, 1.807) is 31.4 Å². The minimum Gasteiger partial charge on any atom is -0.495 e. The highest BCUT2D eigenvalue weighted by Crippen LogP contribution is 2.29. The third-order valence-corrected chi connectivity index (χ3v) is 5.84. The Balaban J connectivity index is 1.34. The van der Waals surface area contributed by atoms with Crippen molar-refractivity contribution in [2.24, 2.45) is 0 Å². The summed E-state index contributed by atoms with van der Waals surface area (Å²) in [5, 5.41) is 0. The summed E-state index contributed by atoms with van der Waals surface area (Å²) in [7, 11) is 1.70. The maximum absolute atomic E-state index is 13.4. The van der Waals surface area contributed by atoms with Crippen LogP contribution in [-0.2, 0) is 4.74 Å². The Morgan fingerprint density at radius 3 is 1.91 bits per heavy atom. The van der Waals surface area contributed by atoms with Crippen LogP contribution in [0.5, 0.6) is 5.75 Å². The van der Waals surface area contributed by atoms with Crippen LogP contribution in [0.25, 0.3) is 0 Å². The summed E-state index contributed by atoms with van der Waals surface area (Å²) < 4.78 is 38.5. The van der Waals surface area contributed by atoms with Gasteiger partial charge in [0.15, 0.2) is 0 Å². The van der Waals surface area contributed by atoms with Crippen LogP contribution in [-0.4, -0.2) is 51.3 Å². The average molecular weight is 439 g/mol. The van der Waals surface area contributed by atoms with E-state index in [9.17, 15) is 8.78 Å². The molecule has 0 atom stereocenters. The van der Waals surface area contributed by atoms with E-state index in [0.717, 1.165) is 55.3 Å². The first kappa shape index (κ1) is 22.2. The molecule has 0 N–H and O–H groups in total. The van der Waals surface area contributed by atoms with Crippen molar-refractivity contribution in [3.05, 3.63) is 95.6 Å². The first-order valence-corrected chi connectivity index (χ1v) is 10.9. The number of nitrogens with zero attached hydrogens (tertiary/aromatic N) is 2. The molecule has 6 heteroatoms. The zero-order valence-electron chi connectivity index (χ0n) is 18.2. The molecule has 0 radical (unpaired) electrons. The van der Waals surface area contributed by atoms with Crippen LogP contribution < -0.4 is 9.64 Å². The van der Waals surface area contributed by atoms with E-state index in [-0.39, 0.29) is 17.7 Å². The molecule has 1 saturated heterocycles. The monoisotopic (exact) mass is 438 g/mol. The smallest absolute Gasteiger partial charge is 0.142 e. The summed E-state index contributed by atoms with van der Waals surface area (Å²) in [6, 6.07) is 20.7. The zero-order chi connectivity index (χ0) is 22.3. The van der Waals surface area contributed by atoms with Gasteiger partial charge < -0.3 is 14.4 Å². The fraction of sp³-hybridized carbons (Fsp3) is 0.308. The molecule has 1 heterocycles. The first-order valence-electron chi connectivity index (χ1n) is 10.9. The molecule has 1 fully saturated rings. The summed E-state index contributed by atoms with van der Waals surface area (Å²) >= 11 is 0. The van der Waals surface area contributed by atoms with E-state index in [4.69, 9.17) is 9.47 Å². The van der Waals surface area contributed by atoms with Crippen molar-refractivity contribution in [1.29, 1.82) is 0 Å². The van der Waals surface area contributed by atoms with E-state index < -0.39 is 0 Å². The van der Waals surface area contributed by atoms with E-state index >= 15 is 0 Å². The minimum atomic E-state index is -0.369. The van der Waals surface area contributed by atoms with Gasteiger partial charge in [-0.1, -0.05) is 36.4 Å². The van der Waals surface area contributed by atoms with Crippen LogP contribution in [0, 0.1) is 11.6 Å². The molecule has 32 heavy (non-hydrogen) atoms. The lowest BCUT2D eigenvalue weighted by Crippen LogP contribution is -2.47. The normalized spacial score (nSPS) is 14.7. The van der Waals surface area contributed by atoms with Gasteiger partial charge in [-0.25, -0.2) is 8.78 Å². The van der Waals surface area contributed by atoms with Gasteiger partial charge in [-0.05, 0) is 47.5 Å². The molecular weight excluding hydrogens is 410 g/mol. The van der Waals surface area contributed by atoms with Crippen molar-refractivity contribution in [3.8, 4) is 5.75 Å². The second kappa shape index (κ2) is 10.6. The Morgan fingerprint density at radius 2 is 1.34 bits per heavy atom. The SMILES string of the molecule is COc1ccccc1N1CCN(CCOC(c2ccc(F)cc2)c2ccc(F)cc2)CC1. The van der Waals surface area contributed by atoms with Crippen LogP contribution in [0.2, 0.25) is 0 Å². The maximum atomic E-state index is 13.4. The Morgan fingerprint density at radius 1 is 0.781 bits per heavy atom. The summed E-state index contributed by atoms with van der Waals surface area (Å²) in [4.78, 5) is 4.72. The van der Waals surface area contributed by atoms with Gasteiger partial charge in [0.05, 0.1) is 19.4 Å². The van der Waals surface area contributed by atoms with Crippen molar-refractivity contribution >= 4 is 5.69 Å². The van der Waals surface area contributed by atoms with Crippen LogP contribution in [0.3, 0.4) is 0 Å². The van der Waals surface area contributed by atoms with E-state index in [1.807, 2.05) is 18.2 Å². The molecule has 0 saturated carbocycles. The molecule has 1 aliphatic heterocycles. The number of hydrogen-bond acceptors (Lipinski definition) is 4. The third-order valence-electron chi connectivity index (χ3n) is 5.84. The third kappa shape index (κ3) is 5.44. The van der Waals surface area contributed by atoms with Crippen LogP contribution in [0.1, 0.15) is 17.2 Å². The molecule has 0 amide bonds. The Bertz CT molecular complexity index is 942. The standard InChI is InChI=1S/C26H28F2N2O2/c1-31-25-5-3-2-4-24(25)30-16-14-29(15-17-30)18-19-32-26(20-6-10-22(27)11-7-20)21-8-12-23(28)13-9-21/h2-13,26H,14-19H2,1H3. The lowest BCUT2D eigenvalue weighted by Gasteiger charge is -2.36. The molecule has 1 aliphatic rings. The molecule has 3 aromatic carbocycles. The summed E-state index contributed by atoms with van der Waals surface area (Å²) in [5.41, 5.74) is 2.82. The molecule has 0 unspecified atom stereocenters. The summed E-state index contributed by atoms with van der Waals surface area (Å²) in [5.74, 6) is 0.310. The molecule has 0 bridgehead atoms. The number of benzene rings is 3. The summed E-state index contributed by atoms with van der Waals surface area (Å²) in [6.07, 6.45) is -0.369. The lowest BCUT2D eigenvalue weighted by molar-refractivity contribution is 0.0585. The molecule has 168 valence electrons. The second-order valence-corrected chi connectivity index (χ2v) is 7.85. The van der Waals surface area contributed by atoms with Crippen LogP contribution in [0.15, 0.2) is 72.8 Å². The van der Waals surface area contributed by atoms with E-state index in [1.165, 1.54) is 24.3 Å². The van der Waals surface area contributed by atoms with Gasteiger partial charge in [0.1, 0.15) is 23.5 Å². The van der Waals surface area contributed by atoms with Crippen molar-refractivity contribution < 1.29 is 18.3 Å². The minimum absolute atomic E-state index is 0.292. The highest BCUT2D eigenvalue weighted by atomic mass is 19.1. The van der Waals surface area contributed by atoms with Gasteiger partial charge in [-0.3, -0.25) is 4.90 Å². The van der Waals surface area contributed by atoms with Crippen molar-refractivity contribution in [1.82, 2.24) is 4.90 Å². The fourth-order valence-corrected chi connectivity index (χ4v) is 4.06. The van der Waals surface area contributed by atoms with Crippen molar-refractivity contribution in [3.63, 3.8) is 0 Å². The molecule has 0 aromatic heterocycles. The molecule has 0 spiro atoms. The molecule has 3 aromatic rings. The number of halogens is 2. The van der Waals surface area contributed by atoms with Crippen molar-refractivity contribution in [2.75, 3.05) is 51.3 Å². The number of piperazine rings is 1. The highest BCUT2D eigenvalue weighted by Gasteiger charge is 2.20. The molecule has 4 nitrogen and oxygen atoms in total. The topological polar surface area (TPSA) is 24.9 Å². The average Bonchev–Trinajstić information content (AvgIpc) is 2.84. The number of hydrogen-bond donors (Lipinski definition) is 0. The number of rotatable bonds is 8. The van der Waals surface area contributed by atoms with Gasteiger partial charge in [-0.2, -0.15) is 0 Å². The number of ether oxygens (including phenoxy) is 2. The molecule has 0 aliphatic carbocycles. The van der Waals surface area contributed by atoms with Crippen LogP contribution >= 0.6 is 0 Å². The Labute approximate surface area is 188 Å². The van der Waals surface area contributed by atoms with Gasteiger partial charge in [0.2, 0.25) is 0 Å². The van der Waals surface area contributed by atoms with Gasteiger partial charge in [0.25, 0.3) is 0 Å². The molecular formula is C26H28F2N2O2. The van der Waals surface area contributed by atoms with E-state index in [0.29, 0.717) is 6.61 Å². The first-order chi connectivity index (χ1) is 15.6. The van der Waals surface area contributed by atoms with Gasteiger partial charge in [-0.15, -0.1) is 0 Å². The van der Waals surface area contributed by atoms with Crippen molar-refractivity contribution in [2.45, 2.75) is 6.10 Å². The predicted octanol–water partition coefficient (Wildman–Crippen LogP) is 4.90. The number of para-hydroxylation sites is 2. The second-order valence-electron chi connectivity index (χ2n) is 7.85. The fourth-order valence-electron chi connectivity index (χ4n) is 4.06. The molecule has 4 rings (SSSR count). The number of methoxy groups -OCH3 is 1. The quantitative estimate of drug-likeness (QED) is 0.499. The maximum Gasteiger partial charge on any atom is 0.142 e. The number of anilines is 1. The zero-order valence-corrected chi connectivity index (χ0v) is 18.2. The summed E-state index contributed by atoms with van der Waals surface area (Å²) in [6.45, 7) is 5.00. The Hall–Kier alpha value is -2.96. The van der Waals surface area contributed by atoms with Crippen LogP contribution in [0.4, 0.5) is 14.5 Å². The Kier molecular flexibility index (Phi) is 7.35. The lowest BCUT2D eigenvalue weighted by atomic mass is 10.0. The van der Waals surface area contributed by atoms with E-state index in [2.05, 4.69) is 15.9 Å². The van der Waals surface area contributed by atoms with Gasteiger partial charge in [0, 0.05) is 32.7 Å². The highest BCUT2D eigenvalue weighted by molar-refractivity contribution is 5.58. The largest absolute Gasteiger partial charge is 0.495 e. The predicted molar refractivity (Wildman–Crippen MR) is 122 cm³/mol. The van der Waals surface area contributed by atoms with Gasteiger partial charge >= 0.3 is 0 Å².